The number of carbonyl (C=O) groups excluding carboxylic acids is 1. The predicted octanol–water partition coefficient (Wildman–Crippen LogP) is 3.68. The number of rotatable bonds is 6. The van der Waals surface area contributed by atoms with Gasteiger partial charge in [-0.3, -0.25) is 14.9 Å². The van der Waals surface area contributed by atoms with Crippen LogP contribution in [0.3, 0.4) is 0 Å². The topological polar surface area (TPSA) is 94.6 Å². The van der Waals surface area contributed by atoms with Gasteiger partial charge in [0.25, 0.3) is 5.91 Å². The van der Waals surface area contributed by atoms with Gasteiger partial charge in [-0.15, -0.1) is 0 Å². The fourth-order valence-electron chi connectivity index (χ4n) is 2.16. The van der Waals surface area contributed by atoms with E-state index in [2.05, 4.69) is 26.1 Å². The molecule has 1 atom stereocenters. The third kappa shape index (κ3) is 5.07. The molecule has 7 nitrogen and oxygen atoms in total. The molecule has 25 heavy (non-hydrogen) atoms. The van der Waals surface area contributed by atoms with E-state index >= 15 is 0 Å². The van der Waals surface area contributed by atoms with Crippen LogP contribution in [0.2, 0.25) is 0 Å². The van der Waals surface area contributed by atoms with Crippen LogP contribution < -0.4 is 10.1 Å². The maximum absolute atomic E-state index is 12.0. The monoisotopic (exact) mass is 346 g/mol. The molecule has 0 radical (unpaired) electrons. The third-order valence-corrected chi connectivity index (χ3v) is 3.59. The standard InChI is InChI=1S/C18H22N2O5/c1-12(19-17(21)15-9-10-16(25-15)20(22)23)11-24-14-7-5-13(6-8-14)18(2,3)4/h5-10,12H,11H2,1-4H3,(H,19,21). The zero-order valence-electron chi connectivity index (χ0n) is 14.7. The molecule has 0 aliphatic carbocycles. The van der Waals surface area contributed by atoms with Crippen LogP contribution in [0.4, 0.5) is 5.88 Å². The number of nitrogens with one attached hydrogen (secondary N) is 1. The molecule has 2 rings (SSSR count). The predicted molar refractivity (Wildman–Crippen MR) is 92.9 cm³/mol. The van der Waals surface area contributed by atoms with Crippen molar-refractivity contribution in [3.63, 3.8) is 0 Å². The first kappa shape index (κ1) is 18.5. The lowest BCUT2D eigenvalue weighted by molar-refractivity contribution is -0.402. The van der Waals surface area contributed by atoms with E-state index in [1.54, 1.807) is 6.92 Å². The van der Waals surface area contributed by atoms with Gasteiger partial charge < -0.3 is 14.5 Å². The van der Waals surface area contributed by atoms with E-state index in [0.29, 0.717) is 5.75 Å². The number of nitro groups is 1. The lowest BCUT2D eigenvalue weighted by Crippen LogP contribution is -2.36. The molecule has 1 heterocycles. The summed E-state index contributed by atoms with van der Waals surface area (Å²) in [6, 6.07) is 9.94. The maximum Gasteiger partial charge on any atom is 0.433 e. The molecule has 2 aromatic rings. The Bertz CT molecular complexity index is 744. The Kier molecular flexibility index (Phi) is 5.46. The van der Waals surface area contributed by atoms with Crippen LogP contribution in [0, 0.1) is 10.1 Å². The number of amides is 1. The molecule has 1 aromatic heterocycles. The smallest absolute Gasteiger partial charge is 0.433 e. The van der Waals surface area contributed by atoms with Crippen LogP contribution in [0.5, 0.6) is 5.75 Å². The first-order valence-electron chi connectivity index (χ1n) is 7.95. The normalized spacial score (nSPS) is 12.5. The molecule has 1 unspecified atom stereocenters. The van der Waals surface area contributed by atoms with Crippen molar-refractivity contribution in [1.29, 1.82) is 0 Å². The molecule has 0 aliphatic heterocycles. The number of furan rings is 1. The summed E-state index contributed by atoms with van der Waals surface area (Å²) in [6.45, 7) is 8.46. The summed E-state index contributed by atoms with van der Waals surface area (Å²) in [5.74, 6) is -0.379. The Balaban J connectivity index is 1.86. The molecular weight excluding hydrogens is 324 g/mol. The van der Waals surface area contributed by atoms with Crippen molar-refractivity contribution in [3.05, 3.63) is 57.8 Å². The van der Waals surface area contributed by atoms with E-state index in [9.17, 15) is 14.9 Å². The molecule has 0 spiro atoms. The quantitative estimate of drug-likeness (QED) is 0.636. The Morgan fingerprint density at radius 3 is 2.40 bits per heavy atom. The maximum atomic E-state index is 12.0. The van der Waals surface area contributed by atoms with E-state index < -0.39 is 16.7 Å². The second-order valence-corrected chi connectivity index (χ2v) is 6.85. The van der Waals surface area contributed by atoms with Crippen LogP contribution in [-0.4, -0.2) is 23.5 Å². The molecule has 1 aromatic carbocycles. The zero-order valence-corrected chi connectivity index (χ0v) is 14.7. The van der Waals surface area contributed by atoms with Crippen LogP contribution >= 0.6 is 0 Å². The Morgan fingerprint density at radius 1 is 1.24 bits per heavy atom. The van der Waals surface area contributed by atoms with E-state index in [-0.39, 0.29) is 23.8 Å². The fourth-order valence-corrected chi connectivity index (χ4v) is 2.16. The minimum atomic E-state index is -0.690. The molecule has 0 aliphatic rings. The number of hydrogen-bond donors (Lipinski definition) is 1. The van der Waals surface area contributed by atoms with Crippen molar-refractivity contribution in [2.24, 2.45) is 0 Å². The Morgan fingerprint density at radius 2 is 1.88 bits per heavy atom. The molecule has 0 bridgehead atoms. The molecule has 0 fully saturated rings. The largest absolute Gasteiger partial charge is 0.491 e. The van der Waals surface area contributed by atoms with Crippen molar-refractivity contribution in [2.75, 3.05) is 6.61 Å². The number of ether oxygens (including phenoxy) is 1. The summed E-state index contributed by atoms with van der Waals surface area (Å²) in [6.07, 6.45) is 0. The summed E-state index contributed by atoms with van der Waals surface area (Å²) >= 11 is 0. The minimum Gasteiger partial charge on any atom is -0.491 e. The number of carbonyl (C=O) groups is 1. The van der Waals surface area contributed by atoms with Gasteiger partial charge in [0.1, 0.15) is 17.3 Å². The lowest BCUT2D eigenvalue weighted by atomic mass is 9.87. The lowest BCUT2D eigenvalue weighted by Gasteiger charge is -2.19. The SMILES string of the molecule is CC(COc1ccc(C(C)(C)C)cc1)NC(=O)c1ccc([N+](=O)[O-])o1. The van der Waals surface area contributed by atoms with Crippen molar-refractivity contribution in [2.45, 2.75) is 39.2 Å². The average molecular weight is 346 g/mol. The molecular formula is C18H22N2O5. The van der Waals surface area contributed by atoms with Gasteiger partial charge in [-0.1, -0.05) is 32.9 Å². The first-order chi connectivity index (χ1) is 11.7. The number of hydrogen-bond acceptors (Lipinski definition) is 5. The van der Waals surface area contributed by atoms with Gasteiger partial charge in [-0.05, 0) is 36.1 Å². The Labute approximate surface area is 146 Å². The van der Waals surface area contributed by atoms with Gasteiger partial charge in [-0.2, -0.15) is 0 Å². The van der Waals surface area contributed by atoms with Gasteiger partial charge in [0.05, 0.1) is 12.1 Å². The highest BCUT2D eigenvalue weighted by Gasteiger charge is 2.19. The van der Waals surface area contributed by atoms with E-state index in [0.717, 1.165) is 6.07 Å². The summed E-state index contributed by atoms with van der Waals surface area (Å²) in [4.78, 5) is 21.8. The van der Waals surface area contributed by atoms with Crippen LogP contribution in [0.15, 0.2) is 40.8 Å². The van der Waals surface area contributed by atoms with Crippen LogP contribution in [0.1, 0.15) is 43.8 Å². The van der Waals surface area contributed by atoms with E-state index in [1.165, 1.54) is 11.6 Å². The van der Waals surface area contributed by atoms with E-state index in [4.69, 9.17) is 9.15 Å². The summed E-state index contributed by atoms with van der Waals surface area (Å²) in [5.41, 5.74) is 1.28. The van der Waals surface area contributed by atoms with Crippen molar-refractivity contribution in [1.82, 2.24) is 5.32 Å². The second-order valence-electron chi connectivity index (χ2n) is 6.85. The van der Waals surface area contributed by atoms with Gasteiger partial charge in [0, 0.05) is 0 Å². The molecule has 1 amide bonds. The van der Waals surface area contributed by atoms with Gasteiger partial charge in [0.15, 0.2) is 5.76 Å². The summed E-state index contributed by atoms with van der Waals surface area (Å²) in [5, 5.41) is 13.2. The van der Waals surface area contributed by atoms with Crippen molar-refractivity contribution in [3.8, 4) is 5.75 Å². The van der Waals surface area contributed by atoms with Crippen LogP contribution in [-0.2, 0) is 5.41 Å². The van der Waals surface area contributed by atoms with Gasteiger partial charge >= 0.3 is 5.88 Å². The molecule has 0 saturated carbocycles. The highest BCUT2D eigenvalue weighted by atomic mass is 16.6. The number of nitrogens with zero attached hydrogens (tertiary/aromatic N) is 1. The molecule has 1 N–H and O–H groups in total. The van der Waals surface area contributed by atoms with Crippen molar-refractivity contribution >= 4 is 11.8 Å². The fraction of sp³-hybridized carbons (Fsp3) is 0.389. The van der Waals surface area contributed by atoms with Crippen molar-refractivity contribution < 1.29 is 18.9 Å². The second kappa shape index (κ2) is 7.38. The summed E-state index contributed by atoms with van der Waals surface area (Å²) in [7, 11) is 0. The minimum absolute atomic E-state index is 0.0748. The Hall–Kier alpha value is -2.83. The molecule has 0 saturated heterocycles. The third-order valence-electron chi connectivity index (χ3n) is 3.59. The summed E-state index contributed by atoms with van der Waals surface area (Å²) < 4.78 is 10.5. The molecule has 7 heteroatoms. The van der Waals surface area contributed by atoms with Gasteiger partial charge in [-0.25, -0.2) is 0 Å². The first-order valence-corrected chi connectivity index (χ1v) is 7.95. The van der Waals surface area contributed by atoms with Crippen LogP contribution in [0.25, 0.3) is 0 Å². The van der Waals surface area contributed by atoms with E-state index in [1.807, 2.05) is 24.3 Å². The highest BCUT2D eigenvalue weighted by molar-refractivity contribution is 5.91. The zero-order chi connectivity index (χ0) is 18.6. The molecule has 134 valence electrons. The highest BCUT2D eigenvalue weighted by Crippen LogP contribution is 2.24. The number of benzene rings is 1. The van der Waals surface area contributed by atoms with Gasteiger partial charge in [0.2, 0.25) is 0 Å². The average Bonchev–Trinajstić information content (AvgIpc) is 3.03.